The van der Waals surface area contributed by atoms with Crippen molar-refractivity contribution in [3.05, 3.63) is 35.3 Å². The fraction of sp³-hybridized carbons (Fsp3) is 0.421. The highest BCUT2D eigenvalue weighted by Crippen LogP contribution is 2.27. The molecule has 0 spiro atoms. The quantitative estimate of drug-likeness (QED) is 0.705. The maximum absolute atomic E-state index is 12.5. The summed E-state index contributed by atoms with van der Waals surface area (Å²) < 4.78 is 7.31. The average Bonchev–Trinajstić information content (AvgIpc) is 3.47. The first kappa shape index (κ1) is 17.3. The minimum Gasteiger partial charge on any atom is -0.478 e. The molecule has 5 rings (SSSR count). The van der Waals surface area contributed by atoms with E-state index < -0.39 is 0 Å². The molecule has 0 unspecified atom stereocenters. The van der Waals surface area contributed by atoms with E-state index in [1.54, 1.807) is 22.1 Å². The van der Waals surface area contributed by atoms with Crippen LogP contribution in [0.15, 0.2) is 29.6 Å². The number of thiophene rings is 1. The minimum absolute atomic E-state index is 0.122. The second kappa shape index (κ2) is 7.31. The molecule has 3 aromatic heterocycles. The molecular weight excluding hydrogens is 376 g/mol. The van der Waals surface area contributed by atoms with Gasteiger partial charge in [-0.25, -0.2) is 4.68 Å². The van der Waals surface area contributed by atoms with Gasteiger partial charge in [0.2, 0.25) is 5.88 Å². The third-order valence-electron chi connectivity index (χ3n) is 5.25. The highest BCUT2D eigenvalue weighted by atomic mass is 32.1. The van der Waals surface area contributed by atoms with Gasteiger partial charge in [0.15, 0.2) is 11.5 Å². The first-order valence-corrected chi connectivity index (χ1v) is 10.5. The van der Waals surface area contributed by atoms with Crippen molar-refractivity contribution in [2.75, 3.05) is 24.6 Å². The first-order valence-electron chi connectivity index (χ1n) is 9.62. The lowest BCUT2D eigenvalue weighted by Gasteiger charge is -2.32. The van der Waals surface area contributed by atoms with Gasteiger partial charge in [0, 0.05) is 44.2 Å². The Kier molecular flexibility index (Phi) is 4.52. The molecular formula is C19H22N6O2S. The number of amides is 1. The van der Waals surface area contributed by atoms with Crippen LogP contribution < -0.4 is 15.0 Å². The summed E-state index contributed by atoms with van der Waals surface area (Å²) in [5.41, 5.74) is 1.48. The standard InChI is InChI=1S/C19H22N6O2S/c26-19(15-12-18-25(23-15)6-2-9-27-18)20-13-4-7-24(8-5-13)17-11-14(21-22-17)16-3-1-10-28-16/h1,3,10-13H,2,4-9H2,(H,20,26)(H,21,22). The highest BCUT2D eigenvalue weighted by molar-refractivity contribution is 7.13. The van der Waals surface area contributed by atoms with E-state index in [4.69, 9.17) is 4.74 Å². The molecule has 2 aliphatic heterocycles. The fourth-order valence-electron chi connectivity index (χ4n) is 3.72. The Balaban J connectivity index is 1.17. The van der Waals surface area contributed by atoms with Gasteiger partial charge in [0.25, 0.3) is 5.91 Å². The molecule has 5 heterocycles. The van der Waals surface area contributed by atoms with Crippen LogP contribution in [0.1, 0.15) is 29.8 Å². The Bertz CT molecular complexity index is 932. The SMILES string of the molecule is O=C(NC1CCN(c2cc(-c3cccs3)[nH]n2)CC1)c1cc2n(n1)CCCO2. The van der Waals surface area contributed by atoms with Gasteiger partial charge in [-0.1, -0.05) is 6.07 Å². The molecule has 146 valence electrons. The number of rotatable bonds is 4. The van der Waals surface area contributed by atoms with Crippen molar-refractivity contribution in [1.29, 1.82) is 0 Å². The largest absolute Gasteiger partial charge is 0.478 e. The summed E-state index contributed by atoms with van der Waals surface area (Å²) >= 11 is 1.70. The summed E-state index contributed by atoms with van der Waals surface area (Å²) in [6.07, 6.45) is 2.70. The zero-order valence-corrected chi connectivity index (χ0v) is 16.2. The maximum atomic E-state index is 12.5. The van der Waals surface area contributed by atoms with Crippen molar-refractivity contribution in [3.8, 4) is 16.5 Å². The fourth-order valence-corrected chi connectivity index (χ4v) is 4.41. The predicted molar refractivity (Wildman–Crippen MR) is 107 cm³/mol. The summed E-state index contributed by atoms with van der Waals surface area (Å²) in [6, 6.07) is 8.11. The van der Waals surface area contributed by atoms with Crippen molar-refractivity contribution in [2.24, 2.45) is 0 Å². The number of H-pyrrole nitrogens is 1. The van der Waals surface area contributed by atoms with Gasteiger partial charge < -0.3 is 15.0 Å². The molecule has 0 aromatic carbocycles. The lowest BCUT2D eigenvalue weighted by atomic mass is 10.0. The molecule has 1 saturated heterocycles. The number of carbonyl (C=O) groups is 1. The van der Waals surface area contributed by atoms with Gasteiger partial charge in [-0.15, -0.1) is 11.3 Å². The summed E-state index contributed by atoms with van der Waals surface area (Å²) in [6.45, 7) is 3.22. The molecule has 1 amide bonds. The van der Waals surface area contributed by atoms with Crippen molar-refractivity contribution < 1.29 is 9.53 Å². The average molecular weight is 398 g/mol. The Labute approximate surface area is 166 Å². The van der Waals surface area contributed by atoms with Gasteiger partial charge in [0.1, 0.15) is 0 Å². The summed E-state index contributed by atoms with van der Waals surface area (Å²) in [5, 5.41) is 17.1. The number of ether oxygens (including phenoxy) is 1. The number of fused-ring (bicyclic) bond motifs is 1. The molecule has 28 heavy (non-hydrogen) atoms. The number of piperidine rings is 1. The second-order valence-electron chi connectivity index (χ2n) is 7.14. The molecule has 1 fully saturated rings. The maximum Gasteiger partial charge on any atom is 0.272 e. The van der Waals surface area contributed by atoms with Crippen LogP contribution in [0.25, 0.3) is 10.6 Å². The molecule has 0 bridgehead atoms. The summed E-state index contributed by atoms with van der Waals surface area (Å²) in [5.74, 6) is 1.53. The number of aromatic amines is 1. The monoisotopic (exact) mass is 398 g/mol. The van der Waals surface area contributed by atoms with E-state index in [0.29, 0.717) is 18.2 Å². The number of carbonyl (C=O) groups excluding carboxylic acids is 1. The Morgan fingerprint density at radius 3 is 2.96 bits per heavy atom. The van der Waals surface area contributed by atoms with Crippen LogP contribution in [0.2, 0.25) is 0 Å². The number of nitrogens with zero attached hydrogens (tertiary/aromatic N) is 4. The molecule has 9 heteroatoms. The van der Waals surface area contributed by atoms with E-state index in [2.05, 4.69) is 43.0 Å². The van der Waals surface area contributed by atoms with E-state index in [1.807, 2.05) is 6.07 Å². The van der Waals surface area contributed by atoms with Gasteiger partial charge >= 0.3 is 0 Å². The first-order chi connectivity index (χ1) is 13.8. The van der Waals surface area contributed by atoms with Gasteiger partial charge in [-0.2, -0.15) is 10.2 Å². The third kappa shape index (κ3) is 3.37. The molecule has 2 aliphatic rings. The summed E-state index contributed by atoms with van der Waals surface area (Å²) in [4.78, 5) is 16.0. The predicted octanol–water partition coefficient (Wildman–Crippen LogP) is 2.52. The molecule has 0 atom stereocenters. The van der Waals surface area contributed by atoms with Crippen LogP contribution in [0.5, 0.6) is 5.88 Å². The highest BCUT2D eigenvalue weighted by Gasteiger charge is 2.25. The second-order valence-corrected chi connectivity index (χ2v) is 8.09. The third-order valence-corrected chi connectivity index (χ3v) is 6.15. The van der Waals surface area contributed by atoms with E-state index in [1.165, 1.54) is 4.88 Å². The van der Waals surface area contributed by atoms with Crippen LogP contribution in [-0.4, -0.2) is 51.6 Å². The lowest BCUT2D eigenvalue weighted by molar-refractivity contribution is 0.0925. The molecule has 8 nitrogen and oxygen atoms in total. The Morgan fingerprint density at radius 1 is 1.29 bits per heavy atom. The van der Waals surface area contributed by atoms with Crippen molar-refractivity contribution in [2.45, 2.75) is 31.8 Å². The number of hydrogen-bond donors (Lipinski definition) is 2. The zero-order chi connectivity index (χ0) is 18.9. The van der Waals surface area contributed by atoms with Gasteiger partial charge in [-0.05, 0) is 24.3 Å². The number of nitrogens with one attached hydrogen (secondary N) is 2. The normalized spacial score (nSPS) is 17.2. The van der Waals surface area contributed by atoms with Crippen molar-refractivity contribution in [1.82, 2.24) is 25.3 Å². The van der Waals surface area contributed by atoms with E-state index in [9.17, 15) is 4.79 Å². The number of aryl methyl sites for hydroxylation is 1. The van der Waals surface area contributed by atoms with E-state index >= 15 is 0 Å². The molecule has 0 radical (unpaired) electrons. The molecule has 0 saturated carbocycles. The Morgan fingerprint density at radius 2 is 2.18 bits per heavy atom. The van der Waals surface area contributed by atoms with Crippen LogP contribution in [-0.2, 0) is 6.54 Å². The molecule has 3 aromatic rings. The Hall–Kier alpha value is -2.81. The minimum atomic E-state index is -0.122. The van der Waals surface area contributed by atoms with Crippen molar-refractivity contribution in [3.63, 3.8) is 0 Å². The molecule has 2 N–H and O–H groups in total. The number of anilines is 1. The molecule has 0 aliphatic carbocycles. The van der Waals surface area contributed by atoms with E-state index in [0.717, 1.165) is 50.4 Å². The smallest absolute Gasteiger partial charge is 0.272 e. The number of hydrogen-bond acceptors (Lipinski definition) is 6. The van der Waals surface area contributed by atoms with Crippen LogP contribution in [0.3, 0.4) is 0 Å². The van der Waals surface area contributed by atoms with Crippen molar-refractivity contribution >= 4 is 23.1 Å². The van der Waals surface area contributed by atoms with Crippen LogP contribution in [0.4, 0.5) is 5.82 Å². The van der Waals surface area contributed by atoms with Crippen LogP contribution >= 0.6 is 11.3 Å². The topological polar surface area (TPSA) is 88.1 Å². The zero-order valence-electron chi connectivity index (χ0n) is 15.4. The lowest BCUT2D eigenvalue weighted by Crippen LogP contribution is -2.45. The number of aromatic nitrogens is 4. The van der Waals surface area contributed by atoms with Gasteiger partial charge in [0.05, 0.1) is 17.2 Å². The van der Waals surface area contributed by atoms with Crippen LogP contribution in [0, 0.1) is 0 Å². The van der Waals surface area contributed by atoms with Gasteiger partial charge in [-0.3, -0.25) is 9.89 Å². The van der Waals surface area contributed by atoms with E-state index in [-0.39, 0.29) is 11.9 Å². The summed E-state index contributed by atoms with van der Waals surface area (Å²) in [7, 11) is 0.